The molecular weight excluding hydrogens is 117 g/mol. The van der Waals surface area contributed by atoms with Crippen LogP contribution in [0.5, 0.6) is 0 Å². The normalized spacial score (nSPS) is 25.2. The SMILES string of the molecule is O=C(O)C1CCN1.[H-].[Na+]. The summed E-state index contributed by atoms with van der Waals surface area (Å²) in [4.78, 5) is 9.92. The number of rotatable bonds is 1. The zero-order chi connectivity index (χ0) is 5.28. The Morgan fingerprint density at radius 3 is 2.38 bits per heavy atom. The molecule has 1 saturated heterocycles. The van der Waals surface area contributed by atoms with Gasteiger partial charge >= 0.3 is 35.5 Å². The summed E-state index contributed by atoms with van der Waals surface area (Å²) < 4.78 is 0. The Kier molecular flexibility index (Phi) is 3.64. The molecule has 1 unspecified atom stereocenters. The van der Waals surface area contributed by atoms with Crippen LogP contribution in [0, 0.1) is 0 Å². The van der Waals surface area contributed by atoms with Gasteiger partial charge in [0.2, 0.25) is 0 Å². The molecule has 0 amide bonds. The van der Waals surface area contributed by atoms with Crippen molar-refractivity contribution < 1.29 is 40.9 Å². The van der Waals surface area contributed by atoms with Crippen LogP contribution in [0.2, 0.25) is 0 Å². The fraction of sp³-hybridized carbons (Fsp3) is 0.750. The van der Waals surface area contributed by atoms with Crippen LogP contribution >= 0.6 is 0 Å². The zero-order valence-electron chi connectivity index (χ0n) is 5.85. The molecule has 0 aromatic rings. The van der Waals surface area contributed by atoms with Gasteiger partial charge < -0.3 is 11.8 Å². The molecule has 0 spiro atoms. The summed E-state index contributed by atoms with van der Waals surface area (Å²) >= 11 is 0. The fourth-order valence-electron chi connectivity index (χ4n) is 0.499. The second-order valence-electron chi connectivity index (χ2n) is 1.63. The minimum Gasteiger partial charge on any atom is -1.00 e. The predicted octanol–water partition coefficient (Wildman–Crippen LogP) is -3.45. The van der Waals surface area contributed by atoms with Gasteiger partial charge in [0.15, 0.2) is 0 Å². The van der Waals surface area contributed by atoms with E-state index in [1.54, 1.807) is 0 Å². The standard InChI is InChI=1S/C4H7NO2.Na.H/c6-4(7)3-1-2-5-3;;/h3,5H,1-2H2,(H,6,7);;/q;+1;-1. The van der Waals surface area contributed by atoms with Crippen molar-refractivity contribution in [2.45, 2.75) is 12.5 Å². The monoisotopic (exact) mass is 125 g/mol. The molecule has 4 heteroatoms. The maximum atomic E-state index is 9.92. The van der Waals surface area contributed by atoms with Crippen LogP contribution in [0.4, 0.5) is 0 Å². The second-order valence-corrected chi connectivity index (χ2v) is 1.63. The molecule has 1 atom stereocenters. The van der Waals surface area contributed by atoms with E-state index in [1.165, 1.54) is 0 Å². The Hall–Kier alpha value is 0.430. The van der Waals surface area contributed by atoms with Gasteiger partial charge in [-0.25, -0.2) is 0 Å². The van der Waals surface area contributed by atoms with Crippen molar-refractivity contribution in [2.75, 3.05) is 6.54 Å². The fourth-order valence-corrected chi connectivity index (χ4v) is 0.499. The topological polar surface area (TPSA) is 49.3 Å². The first-order valence-corrected chi connectivity index (χ1v) is 2.27. The smallest absolute Gasteiger partial charge is 1.00 e. The second kappa shape index (κ2) is 3.45. The molecule has 2 N–H and O–H groups in total. The van der Waals surface area contributed by atoms with Crippen LogP contribution in [0.1, 0.15) is 7.85 Å². The summed E-state index contributed by atoms with van der Waals surface area (Å²) in [7, 11) is 0. The van der Waals surface area contributed by atoms with Gasteiger partial charge in [0.05, 0.1) is 0 Å². The first kappa shape index (κ1) is 8.43. The summed E-state index contributed by atoms with van der Waals surface area (Å²) in [5.41, 5.74) is 0. The summed E-state index contributed by atoms with van der Waals surface area (Å²) in [5, 5.41) is 10.9. The number of aliphatic carboxylic acids is 1. The van der Waals surface area contributed by atoms with Crippen molar-refractivity contribution in [1.29, 1.82) is 0 Å². The van der Waals surface area contributed by atoms with Crippen molar-refractivity contribution in [2.24, 2.45) is 0 Å². The van der Waals surface area contributed by atoms with Gasteiger partial charge in [-0.2, -0.15) is 0 Å². The van der Waals surface area contributed by atoms with Crippen molar-refractivity contribution in [3.05, 3.63) is 0 Å². The molecule has 8 heavy (non-hydrogen) atoms. The predicted molar refractivity (Wildman–Crippen MR) is 25.2 cm³/mol. The van der Waals surface area contributed by atoms with Crippen molar-refractivity contribution in [3.8, 4) is 0 Å². The Bertz CT molecular complexity index is 96.6. The number of hydrogen-bond acceptors (Lipinski definition) is 2. The summed E-state index contributed by atoms with van der Waals surface area (Å²) in [5.74, 6) is -0.730. The van der Waals surface area contributed by atoms with Gasteiger partial charge in [0, 0.05) is 0 Å². The van der Waals surface area contributed by atoms with E-state index in [4.69, 9.17) is 5.11 Å². The number of carbonyl (C=O) groups is 1. The van der Waals surface area contributed by atoms with E-state index < -0.39 is 5.97 Å². The Morgan fingerprint density at radius 2 is 2.38 bits per heavy atom. The van der Waals surface area contributed by atoms with E-state index in [9.17, 15) is 4.79 Å². The Morgan fingerprint density at radius 1 is 1.88 bits per heavy atom. The van der Waals surface area contributed by atoms with Crippen molar-refractivity contribution in [1.82, 2.24) is 5.32 Å². The van der Waals surface area contributed by atoms with Crippen LogP contribution in [-0.2, 0) is 4.79 Å². The number of carboxylic acid groups (broad SMARTS) is 1. The maximum absolute atomic E-state index is 9.92. The molecule has 1 fully saturated rings. The summed E-state index contributed by atoms with van der Waals surface area (Å²) in [6.45, 7) is 0.858. The average molecular weight is 125 g/mol. The molecule has 1 heterocycles. The van der Waals surface area contributed by atoms with Crippen LogP contribution in [0.15, 0.2) is 0 Å². The molecule has 3 nitrogen and oxygen atoms in total. The van der Waals surface area contributed by atoms with E-state index in [1.807, 2.05) is 0 Å². The van der Waals surface area contributed by atoms with E-state index in [0.717, 1.165) is 13.0 Å². The summed E-state index contributed by atoms with van der Waals surface area (Å²) in [6, 6.07) is -0.250. The third kappa shape index (κ3) is 1.74. The van der Waals surface area contributed by atoms with Gasteiger partial charge in [-0.15, -0.1) is 0 Å². The number of carboxylic acids is 1. The van der Waals surface area contributed by atoms with E-state index >= 15 is 0 Å². The molecule has 1 rings (SSSR count). The minimum atomic E-state index is -0.730. The van der Waals surface area contributed by atoms with Gasteiger partial charge in [-0.05, 0) is 13.0 Å². The van der Waals surface area contributed by atoms with Crippen molar-refractivity contribution in [3.63, 3.8) is 0 Å². The summed E-state index contributed by atoms with van der Waals surface area (Å²) in [6.07, 6.45) is 0.787. The number of hydrogen-bond donors (Lipinski definition) is 2. The van der Waals surface area contributed by atoms with Crippen LogP contribution in [0.25, 0.3) is 0 Å². The molecule has 1 aliphatic heterocycles. The average Bonchev–Trinajstić information content (AvgIpc) is 1.23. The molecule has 0 radical (unpaired) electrons. The van der Waals surface area contributed by atoms with E-state index in [2.05, 4.69) is 5.32 Å². The first-order chi connectivity index (χ1) is 3.30. The van der Waals surface area contributed by atoms with Crippen LogP contribution in [0.3, 0.4) is 0 Å². The van der Waals surface area contributed by atoms with Crippen LogP contribution in [-0.4, -0.2) is 23.7 Å². The molecule has 0 saturated carbocycles. The van der Waals surface area contributed by atoms with Gasteiger partial charge in [0.25, 0.3) is 0 Å². The molecule has 1 aliphatic rings. The Labute approximate surface area is 71.2 Å². The zero-order valence-corrected chi connectivity index (χ0v) is 6.85. The molecular formula is C4H8NNaO2. The first-order valence-electron chi connectivity index (χ1n) is 2.27. The Balaban J connectivity index is 0. The molecule has 0 bridgehead atoms. The van der Waals surface area contributed by atoms with Crippen LogP contribution < -0.4 is 34.9 Å². The largest absolute Gasteiger partial charge is 1.00 e. The molecule has 0 aromatic carbocycles. The third-order valence-electron chi connectivity index (χ3n) is 1.12. The van der Waals surface area contributed by atoms with Gasteiger partial charge in [0.1, 0.15) is 6.04 Å². The van der Waals surface area contributed by atoms with Gasteiger partial charge in [-0.3, -0.25) is 4.79 Å². The molecule has 42 valence electrons. The molecule has 0 aromatic heterocycles. The van der Waals surface area contributed by atoms with E-state index in [-0.39, 0.29) is 37.0 Å². The van der Waals surface area contributed by atoms with Gasteiger partial charge in [-0.1, -0.05) is 0 Å². The van der Waals surface area contributed by atoms with Crippen molar-refractivity contribution >= 4 is 5.97 Å². The number of nitrogens with one attached hydrogen (secondary N) is 1. The minimum absolute atomic E-state index is 0. The maximum Gasteiger partial charge on any atom is 1.00 e. The quantitative estimate of drug-likeness (QED) is 0.358. The third-order valence-corrected chi connectivity index (χ3v) is 1.12. The van der Waals surface area contributed by atoms with E-state index in [0.29, 0.717) is 0 Å². The molecule has 0 aliphatic carbocycles.